The summed E-state index contributed by atoms with van der Waals surface area (Å²) in [6.07, 6.45) is 1.88. The predicted octanol–water partition coefficient (Wildman–Crippen LogP) is 14.2. The van der Waals surface area contributed by atoms with Gasteiger partial charge in [0.1, 0.15) is 0 Å². The average Bonchev–Trinajstić information content (AvgIpc) is 3.63. The Labute approximate surface area is 339 Å². The first kappa shape index (κ1) is 33.1. The van der Waals surface area contributed by atoms with Crippen molar-refractivity contribution in [2.24, 2.45) is 0 Å². The Balaban J connectivity index is 1.13. The van der Waals surface area contributed by atoms with E-state index in [-0.39, 0.29) is 0 Å². The first-order chi connectivity index (χ1) is 29.2. The van der Waals surface area contributed by atoms with Crippen LogP contribution in [0.3, 0.4) is 0 Å². The lowest BCUT2D eigenvalue weighted by Crippen LogP contribution is -1.94. The van der Waals surface area contributed by atoms with E-state index < -0.39 is 0 Å². The molecule has 0 saturated carbocycles. The summed E-state index contributed by atoms with van der Waals surface area (Å²) in [5.41, 5.74) is 12.5. The van der Waals surface area contributed by atoms with Gasteiger partial charge in [0.2, 0.25) is 0 Å². The van der Waals surface area contributed by atoms with E-state index in [9.17, 15) is 5.26 Å². The van der Waals surface area contributed by atoms with Crippen LogP contribution in [0.2, 0.25) is 0 Å². The Morgan fingerprint density at radius 3 is 1.73 bits per heavy atom. The highest BCUT2D eigenvalue weighted by Gasteiger charge is 2.21. The van der Waals surface area contributed by atoms with Crippen LogP contribution in [0.1, 0.15) is 5.56 Å². The van der Waals surface area contributed by atoms with Gasteiger partial charge in [-0.2, -0.15) is 5.26 Å². The molecule has 0 amide bonds. The van der Waals surface area contributed by atoms with Crippen LogP contribution in [0.25, 0.3) is 115 Å². The summed E-state index contributed by atoms with van der Waals surface area (Å²) < 4.78 is 2.30. The van der Waals surface area contributed by atoms with Crippen LogP contribution in [-0.2, 0) is 0 Å². The van der Waals surface area contributed by atoms with Crippen molar-refractivity contribution in [3.8, 4) is 45.3 Å². The molecule has 3 aromatic heterocycles. The quantitative estimate of drug-likeness (QED) is 0.133. The fourth-order valence-corrected chi connectivity index (χ4v) is 9.46. The number of aromatic nitrogens is 3. The standard InChI is InChI=1S/C55H32N4/c56-33-34-21-27-49-46(30-34)47-31-37(24-28-50(47)59(49)39-15-5-2-6-16-39)51-40-17-7-9-19-42(40)52(43-20-10-8-18-41(43)51)38-23-25-44-48(32-38)58-54(35-12-3-1-4-13-35)45-26-22-36-14-11-29-57-55(36)53(44)45/h1-32H. The molecule has 12 rings (SSSR count). The van der Waals surface area contributed by atoms with Crippen molar-refractivity contribution in [2.45, 2.75) is 0 Å². The normalized spacial score (nSPS) is 11.7. The molecule has 0 aliphatic carbocycles. The number of hydrogen-bond donors (Lipinski definition) is 0. The lowest BCUT2D eigenvalue weighted by atomic mass is 9.85. The van der Waals surface area contributed by atoms with Gasteiger partial charge in [-0.1, -0.05) is 133 Å². The van der Waals surface area contributed by atoms with Crippen molar-refractivity contribution in [2.75, 3.05) is 0 Å². The molecule has 9 aromatic carbocycles. The molecule has 59 heavy (non-hydrogen) atoms. The Bertz CT molecular complexity index is 3670. The first-order valence-electron chi connectivity index (χ1n) is 19.9. The molecule has 4 heteroatoms. The molecule has 0 aliphatic heterocycles. The molecule has 0 saturated heterocycles. The maximum Gasteiger partial charge on any atom is 0.0991 e. The van der Waals surface area contributed by atoms with Gasteiger partial charge in [0.25, 0.3) is 0 Å². The Kier molecular flexibility index (Phi) is 7.26. The lowest BCUT2D eigenvalue weighted by molar-refractivity contribution is 1.18. The number of nitriles is 1. The van der Waals surface area contributed by atoms with Gasteiger partial charge >= 0.3 is 0 Å². The SMILES string of the molecule is N#Cc1ccc2c(c1)c1cc(-c3c4ccccc4c(-c4ccc5c(c4)nc(-c4ccccc4)c4ccc6cccnc6c45)c4ccccc34)ccc1n2-c1ccccc1. The largest absolute Gasteiger partial charge is 0.309 e. The van der Waals surface area contributed by atoms with E-state index in [1.54, 1.807) is 0 Å². The van der Waals surface area contributed by atoms with Gasteiger partial charge in [0, 0.05) is 49.8 Å². The molecule has 0 N–H and O–H groups in total. The zero-order valence-corrected chi connectivity index (χ0v) is 31.8. The monoisotopic (exact) mass is 748 g/mol. The van der Waals surface area contributed by atoms with Gasteiger partial charge in [-0.25, -0.2) is 4.98 Å². The van der Waals surface area contributed by atoms with Crippen molar-refractivity contribution < 1.29 is 0 Å². The molecule has 0 bridgehead atoms. The average molecular weight is 749 g/mol. The maximum atomic E-state index is 9.93. The van der Waals surface area contributed by atoms with Gasteiger partial charge in [0.15, 0.2) is 0 Å². The first-order valence-corrected chi connectivity index (χ1v) is 19.9. The molecule has 3 heterocycles. The van der Waals surface area contributed by atoms with Gasteiger partial charge in [0.05, 0.1) is 39.4 Å². The number of benzene rings is 9. The van der Waals surface area contributed by atoms with E-state index in [1.165, 1.54) is 32.7 Å². The summed E-state index contributed by atoms with van der Waals surface area (Å²) in [6.45, 7) is 0. The van der Waals surface area contributed by atoms with Crippen LogP contribution < -0.4 is 0 Å². The minimum absolute atomic E-state index is 0.647. The highest BCUT2D eigenvalue weighted by Crippen LogP contribution is 2.46. The number of hydrogen-bond acceptors (Lipinski definition) is 3. The Morgan fingerprint density at radius 1 is 0.441 bits per heavy atom. The number of nitrogens with zero attached hydrogens (tertiary/aromatic N) is 4. The smallest absolute Gasteiger partial charge is 0.0991 e. The third kappa shape index (κ3) is 5.02. The zero-order chi connectivity index (χ0) is 39.0. The van der Waals surface area contributed by atoms with E-state index in [2.05, 4.69) is 168 Å². The van der Waals surface area contributed by atoms with Gasteiger partial charge in [-0.3, -0.25) is 4.98 Å². The van der Waals surface area contributed by atoms with Crippen LogP contribution in [-0.4, -0.2) is 14.5 Å². The fourth-order valence-electron chi connectivity index (χ4n) is 9.46. The molecule has 0 unspecified atom stereocenters. The molecule has 4 nitrogen and oxygen atoms in total. The Morgan fingerprint density at radius 2 is 1.03 bits per heavy atom. The minimum atomic E-state index is 0.647. The van der Waals surface area contributed by atoms with Crippen molar-refractivity contribution in [1.29, 1.82) is 5.26 Å². The topological polar surface area (TPSA) is 54.5 Å². The van der Waals surface area contributed by atoms with Crippen molar-refractivity contribution in [3.63, 3.8) is 0 Å². The molecule has 0 aliphatic rings. The molecule has 0 radical (unpaired) electrons. The minimum Gasteiger partial charge on any atom is -0.309 e. The summed E-state index contributed by atoms with van der Waals surface area (Å²) in [5, 5.41) is 21.2. The molecule has 0 atom stereocenters. The second-order valence-electron chi connectivity index (χ2n) is 15.2. The highest BCUT2D eigenvalue weighted by atomic mass is 15.0. The van der Waals surface area contributed by atoms with Crippen molar-refractivity contribution >= 4 is 75.9 Å². The number of fused-ring (bicyclic) bond motifs is 10. The third-order valence-corrected chi connectivity index (χ3v) is 12.0. The lowest BCUT2D eigenvalue weighted by Gasteiger charge is -2.18. The second-order valence-corrected chi connectivity index (χ2v) is 15.2. The summed E-state index contributed by atoms with van der Waals surface area (Å²) in [4.78, 5) is 10.3. The number of para-hydroxylation sites is 1. The van der Waals surface area contributed by atoms with Crippen LogP contribution in [0.5, 0.6) is 0 Å². The van der Waals surface area contributed by atoms with E-state index in [0.29, 0.717) is 5.56 Å². The van der Waals surface area contributed by atoms with Gasteiger partial charge < -0.3 is 4.57 Å². The zero-order valence-electron chi connectivity index (χ0n) is 31.8. The molecule has 0 spiro atoms. The van der Waals surface area contributed by atoms with Crippen LogP contribution in [0.15, 0.2) is 194 Å². The second kappa shape index (κ2) is 13.0. The summed E-state index contributed by atoms with van der Waals surface area (Å²) in [5.74, 6) is 0. The summed E-state index contributed by atoms with van der Waals surface area (Å²) >= 11 is 0. The fraction of sp³-hybridized carbons (Fsp3) is 0. The van der Waals surface area contributed by atoms with E-state index in [0.717, 1.165) is 82.5 Å². The molecular formula is C55H32N4. The van der Waals surface area contributed by atoms with E-state index in [1.807, 2.05) is 36.5 Å². The van der Waals surface area contributed by atoms with Gasteiger partial charge in [-0.05, 0) is 98.4 Å². The van der Waals surface area contributed by atoms with Crippen LogP contribution in [0.4, 0.5) is 0 Å². The molecule has 272 valence electrons. The number of pyridine rings is 2. The predicted molar refractivity (Wildman–Crippen MR) is 245 cm³/mol. The molecule has 12 aromatic rings. The summed E-state index contributed by atoms with van der Waals surface area (Å²) in [7, 11) is 0. The van der Waals surface area contributed by atoms with Crippen molar-refractivity contribution in [1.82, 2.24) is 14.5 Å². The molecule has 0 fully saturated rings. The summed E-state index contributed by atoms with van der Waals surface area (Å²) in [6, 6.07) is 69.0. The highest BCUT2D eigenvalue weighted by molar-refractivity contribution is 6.25. The third-order valence-electron chi connectivity index (χ3n) is 12.0. The van der Waals surface area contributed by atoms with Gasteiger partial charge in [-0.15, -0.1) is 0 Å². The maximum absolute atomic E-state index is 9.93. The van der Waals surface area contributed by atoms with Crippen LogP contribution in [0, 0.1) is 11.3 Å². The molecular weight excluding hydrogens is 717 g/mol. The number of rotatable bonds is 4. The Hall–Kier alpha value is -8.13. The van der Waals surface area contributed by atoms with Crippen LogP contribution >= 0.6 is 0 Å². The van der Waals surface area contributed by atoms with E-state index >= 15 is 0 Å². The van der Waals surface area contributed by atoms with E-state index in [4.69, 9.17) is 9.97 Å². The van der Waals surface area contributed by atoms with Crippen molar-refractivity contribution in [3.05, 3.63) is 200 Å².